The summed E-state index contributed by atoms with van der Waals surface area (Å²) in [5.74, 6) is 1.03. The van der Waals surface area contributed by atoms with Gasteiger partial charge in [0, 0.05) is 18.0 Å². The van der Waals surface area contributed by atoms with E-state index < -0.39 is 6.98 Å². The Bertz CT molecular complexity index is 1130. The van der Waals surface area contributed by atoms with E-state index in [2.05, 4.69) is 14.1 Å². The summed E-state index contributed by atoms with van der Waals surface area (Å²) in [5, 5.41) is 0.962. The summed E-state index contributed by atoms with van der Waals surface area (Å²) in [5.41, 5.74) is 4.67. The van der Waals surface area contributed by atoms with E-state index in [-0.39, 0.29) is 0 Å². The molecule has 0 amide bonds. The largest absolute Gasteiger partial charge is 0.269 e. The molecule has 4 heteroatoms. The van der Waals surface area contributed by atoms with Gasteiger partial charge in [0.1, 0.15) is 5.52 Å². The van der Waals surface area contributed by atoms with Gasteiger partial charge in [-0.3, -0.25) is 14.1 Å². The van der Waals surface area contributed by atoms with Crippen molar-refractivity contribution in [1.29, 1.82) is 0 Å². The summed E-state index contributed by atoms with van der Waals surface area (Å²) in [4.78, 5) is 4.20. The minimum Gasteiger partial charge on any atom is -0.264 e. The highest BCUT2D eigenvalue weighted by molar-refractivity contribution is 6.04. The molecule has 0 atom stereocenters. The molecule has 0 N–H and O–H groups in total. The van der Waals surface area contributed by atoms with Crippen LogP contribution in [0, 0.1) is 0 Å². The maximum atomic E-state index is 8.05. The smallest absolute Gasteiger partial charge is 0.264 e. The van der Waals surface area contributed by atoms with Crippen molar-refractivity contribution in [3.8, 4) is 11.4 Å². The van der Waals surface area contributed by atoms with Crippen molar-refractivity contribution >= 4 is 22.1 Å². The van der Waals surface area contributed by atoms with Crippen LogP contribution in [0.4, 0.5) is 0 Å². The summed E-state index contributed by atoms with van der Waals surface area (Å²) in [6.07, 6.45) is 3.64. The van der Waals surface area contributed by atoms with E-state index in [0.29, 0.717) is 6.54 Å². The topological polar surface area (TPSA) is 26.6 Å². The number of hydrogen-bond acceptors (Lipinski definition) is 1. The molecule has 1 aromatic carbocycles. The lowest BCUT2D eigenvalue weighted by atomic mass is 10.2. The summed E-state index contributed by atoms with van der Waals surface area (Å²) >= 11 is 0. The predicted molar refractivity (Wildman–Crippen MR) is 81.9 cm³/mol. The third-order valence-corrected chi connectivity index (χ3v) is 4.46. The maximum absolute atomic E-state index is 8.05. The van der Waals surface area contributed by atoms with Crippen LogP contribution >= 0.6 is 0 Å². The molecule has 0 radical (unpaired) electrons. The summed E-state index contributed by atoms with van der Waals surface area (Å²) < 4.78 is 29.8. The Balaban J connectivity index is 2.02. The van der Waals surface area contributed by atoms with Crippen molar-refractivity contribution < 1.29 is 8.68 Å². The van der Waals surface area contributed by atoms with Gasteiger partial charge in [-0.25, -0.2) is 4.57 Å². The molecule has 3 aromatic heterocycles. The van der Waals surface area contributed by atoms with Crippen molar-refractivity contribution in [3.63, 3.8) is 0 Å². The van der Waals surface area contributed by atoms with Crippen LogP contribution in [-0.2, 0) is 20.6 Å². The number of benzene rings is 1. The second-order valence-corrected chi connectivity index (χ2v) is 5.53. The number of rotatable bonds is 0. The minimum atomic E-state index is -2.24. The lowest BCUT2D eigenvalue weighted by Gasteiger charge is -1.97. The van der Waals surface area contributed by atoms with Crippen molar-refractivity contribution in [2.45, 2.75) is 6.54 Å². The Morgan fingerprint density at radius 2 is 2.14 bits per heavy atom. The zero-order valence-corrected chi connectivity index (χ0v) is 11.5. The van der Waals surface area contributed by atoms with Crippen LogP contribution in [0.25, 0.3) is 33.5 Å². The minimum absolute atomic E-state index is 0.641. The first-order chi connectivity index (χ1) is 11.5. The van der Waals surface area contributed by atoms with Gasteiger partial charge in [-0.1, -0.05) is 12.1 Å². The number of aromatic nitrogens is 4. The van der Waals surface area contributed by atoms with Crippen LogP contribution in [-0.4, -0.2) is 14.1 Å². The molecule has 0 saturated carbocycles. The van der Waals surface area contributed by atoms with E-state index in [1.165, 1.54) is 4.57 Å². The Morgan fingerprint density at radius 1 is 1.24 bits per heavy atom. The van der Waals surface area contributed by atoms with Gasteiger partial charge in [-0.2, -0.15) is 0 Å². The lowest BCUT2D eigenvalue weighted by Crippen LogP contribution is -2.33. The van der Waals surface area contributed by atoms with E-state index >= 15 is 0 Å². The summed E-state index contributed by atoms with van der Waals surface area (Å²) in [6, 6.07) is 9.69. The molecular weight excluding hydrogens is 260 g/mol. The molecule has 0 bridgehead atoms. The highest BCUT2D eigenvalue weighted by Gasteiger charge is 2.34. The van der Waals surface area contributed by atoms with Gasteiger partial charge in [-0.15, -0.1) is 0 Å². The van der Waals surface area contributed by atoms with Gasteiger partial charge in [0.2, 0.25) is 5.82 Å². The molecule has 102 valence electrons. The van der Waals surface area contributed by atoms with Crippen LogP contribution in [0.15, 0.2) is 42.7 Å². The van der Waals surface area contributed by atoms with Crippen LogP contribution in [0.5, 0.6) is 0 Å². The molecule has 21 heavy (non-hydrogen) atoms. The van der Waals surface area contributed by atoms with Gasteiger partial charge in [0.15, 0.2) is 5.52 Å². The first-order valence-electron chi connectivity index (χ1n) is 8.44. The molecule has 4 heterocycles. The third-order valence-electron chi connectivity index (χ3n) is 4.46. The Kier molecular flexibility index (Phi) is 1.45. The van der Waals surface area contributed by atoms with E-state index in [0.717, 1.165) is 39.0 Å². The van der Waals surface area contributed by atoms with Gasteiger partial charge >= 0.3 is 0 Å². The normalized spacial score (nSPS) is 15.8. The Morgan fingerprint density at radius 3 is 3.05 bits per heavy atom. The van der Waals surface area contributed by atoms with Crippen molar-refractivity contribution in [2.24, 2.45) is 14.0 Å². The number of pyridine rings is 1. The van der Waals surface area contributed by atoms with E-state index in [4.69, 9.17) is 4.11 Å². The number of para-hydroxylation sites is 1. The second kappa shape index (κ2) is 3.52. The molecule has 0 fully saturated rings. The molecule has 0 unspecified atom stereocenters. The second-order valence-electron chi connectivity index (χ2n) is 5.53. The van der Waals surface area contributed by atoms with Crippen LogP contribution in [0.2, 0.25) is 0 Å². The zero-order chi connectivity index (χ0) is 16.6. The molecule has 0 saturated heterocycles. The highest BCUT2D eigenvalue weighted by Crippen LogP contribution is 2.34. The molecule has 4 aromatic rings. The monoisotopic (exact) mass is 278 g/mol. The molecule has 1 aliphatic rings. The average molecular weight is 278 g/mol. The summed E-state index contributed by atoms with van der Waals surface area (Å²) in [6.45, 7) is -1.60. The van der Waals surface area contributed by atoms with Crippen molar-refractivity contribution in [1.82, 2.24) is 14.1 Å². The van der Waals surface area contributed by atoms with E-state index in [1.54, 1.807) is 6.20 Å². The number of hydrogen-bond donors (Lipinski definition) is 0. The predicted octanol–water partition coefficient (Wildman–Crippen LogP) is 2.38. The fourth-order valence-electron chi connectivity index (χ4n) is 3.59. The summed E-state index contributed by atoms with van der Waals surface area (Å²) in [7, 11) is 2.00. The number of imidazole rings is 1. The lowest BCUT2D eigenvalue weighted by molar-refractivity contribution is -0.648. The fraction of sp³-hybridized carbons (Fsp3) is 0.176. The van der Waals surface area contributed by atoms with Crippen molar-refractivity contribution in [2.75, 3.05) is 0 Å². The molecule has 5 rings (SSSR count). The van der Waals surface area contributed by atoms with Gasteiger partial charge in [0.05, 0.1) is 35.6 Å². The van der Waals surface area contributed by atoms with E-state index in [9.17, 15) is 0 Å². The quantitative estimate of drug-likeness (QED) is 0.399. The van der Waals surface area contributed by atoms with Gasteiger partial charge < -0.3 is 0 Å². The molecular formula is C17H15N4+. The van der Waals surface area contributed by atoms with Crippen LogP contribution in [0.1, 0.15) is 9.68 Å². The standard InChI is InChI=1S/C17H15N4/c1-19-14-6-4-3-5-13(14)15-17(19)21-10-11-9-18-8-7-12(11)16(21)20(15)2/h3-9H,10H2,1-2H3/q+1/i1D3. The third kappa shape index (κ3) is 1.17. The van der Waals surface area contributed by atoms with Crippen LogP contribution in [0.3, 0.4) is 0 Å². The number of nitrogens with zero attached hydrogens (tertiary/aromatic N) is 4. The average Bonchev–Trinajstić information content (AvgIpc) is 3.16. The first-order valence-corrected chi connectivity index (χ1v) is 6.94. The van der Waals surface area contributed by atoms with E-state index in [1.807, 2.05) is 43.6 Å². The zero-order valence-electron chi connectivity index (χ0n) is 14.5. The highest BCUT2D eigenvalue weighted by atomic mass is 15.2. The Hall–Kier alpha value is -2.62. The fourth-order valence-corrected chi connectivity index (χ4v) is 3.59. The van der Waals surface area contributed by atoms with Crippen molar-refractivity contribution in [3.05, 3.63) is 48.3 Å². The maximum Gasteiger partial charge on any atom is 0.269 e. The molecule has 0 spiro atoms. The number of aryl methyl sites for hydroxylation is 2. The number of fused-ring (bicyclic) bond motifs is 7. The van der Waals surface area contributed by atoms with Gasteiger partial charge in [0.25, 0.3) is 5.65 Å². The van der Waals surface area contributed by atoms with Gasteiger partial charge in [-0.05, 0) is 18.2 Å². The molecule has 4 nitrogen and oxygen atoms in total. The molecule has 1 aliphatic heterocycles. The SMILES string of the molecule is [2H]C([2H])([2H])n1c2ccccc2c2c1[n+]1c(n2C)-c2ccncc2C1. The first kappa shape index (κ1) is 8.62. The van der Waals surface area contributed by atoms with Crippen LogP contribution < -0.4 is 4.57 Å². The Labute approximate surface area is 126 Å². The molecule has 0 aliphatic carbocycles.